The molecule has 3 aromatic rings. The number of carbonyl (C=O) groups excluding carboxylic acids is 2. The van der Waals surface area contributed by atoms with E-state index in [1.807, 2.05) is 6.07 Å². The molecule has 2 aliphatic rings. The van der Waals surface area contributed by atoms with E-state index in [-0.39, 0.29) is 28.7 Å². The Labute approximate surface area is 188 Å². The molecule has 4 atom stereocenters. The van der Waals surface area contributed by atoms with Crippen molar-refractivity contribution in [3.63, 3.8) is 0 Å². The molecule has 0 aromatic heterocycles. The van der Waals surface area contributed by atoms with Gasteiger partial charge in [-0.3, -0.25) is 9.59 Å². The molecular formula is C25H22O8. The van der Waals surface area contributed by atoms with Crippen molar-refractivity contribution < 1.29 is 39.9 Å². The minimum absolute atomic E-state index is 0.103. The number of phenolic OH excluding ortho intramolecular Hbond substituents is 3. The Bertz CT molecular complexity index is 1350. The Morgan fingerprint density at radius 3 is 2.15 bits per heavy atom. The molecule has 170 valence electrons. The molecule has 0 radical (unpaired) electrons. The molecule has 0 spiro atoms. The number of ketones is 2. The quantitative estimate of drug-likeness (QED) is 0.278. The van der Waals surface area contributed by atoms with Gasteiger partial charge in [-0.05, 0) is 54.6 Å². The summed E-state index contributed by atoms with van der Waals surface area (Å²) in [6.07, 6.45) is -3.22. The maximum absolute atomic E-state index is 13.3. The zero-order valence-corrected chi connectivity index (χ0v) is 17.9. The van der Waals surface area contributed by atoms with E-state index in [1.54, 1.807) is 19.9 Å². The normalized spacial score (nSPS) is 24.6. The summed E-state index contributed by atoms with van der Waals surface area (Å²) < 4.78 is 5.92. The fourth-order valence-electron chi connectivity index (χ4n) is 4.90. The molecule has 5 rings (SSSR count). The highest BCUT2D eigenvalue weighted by molar-refractivity contribution is 6.32. The first-order valence-corrected chi connectivity index (χ1v) is 10.6. The third-order valence-corrected chi connectivity index (χ3v) is 6.55. The van der Waals surface area contributed by atoms with Crippen molar-refractivity contribution in [2.75, 3.05) is 0 Å². The first-order chi connectivity index (χ1) is 15.6. The van der Waals surface area contributed by atoms with Gasteiger partial charge in [0, 0.05) is 17.4 Å². The summed E-state index contributed by atoms with van der Waals surface area (Å²) in [6.45, 7) is 3.44. The lowest BCUT2D eigenvalue weighted by Crippen LogP contribution is -2.43. The zero-order chi connectivity index (χ0) is 23.8. The van der Waals surface area contributed by atoms with Crippen LogP contribution >= 0.6 is 0 Å². The van der Waals surface area contributed by atoms with E-state index in [2.05, 4.69) is 0 Å². The predicted octanol–water partition coefficient (Wildman–Crippen LogP) is 2.61. The average molecular weight is 450 g/mol. The number of aromatic hydroxyl groups is 3. The Morgan fingerprint density at radius 2 is 1.52 bits per heavy atom. The third-order valence-electron chi connectivity index (χ3n) is 6.55. The van der Waals surface area contributed by atoms with E-state index in [0.29, 0.717) is 16.3 Å². The average Bonchev–Trinajstić information content (AvgIpc) is 2.76. The van der Waals surface area contributed by atoms with Crippen LogP contribution in [0.3, 0.4) is 0 Å². The number of hydrogen-bond donors (Lipinski definition) is 5. The molecule has 3 aromatic carbocycles. The molecule has 1 fully saturated rings. The molecule has 8 heteroatoms. The van der Waals surface area contributed by atoms with Gasteiger partial charge in [-0.2, -0.15) is 0 Å². The zero-order valence-electron chi connectivity index (χ0n) is 17.9. The molecule has 1 aliphatic carbocycles. The lowest BCUT2D eigenvalue weighted by Gasteiger charge is -2.36. The van der Waals surface area contributed by atoms with Crippen molar-refractivity contribution in [2.45, 2.75) is 44.7 Å². The number of benzene rings is 3. The predicted molar refractivity (Wildman–Crippen MR) is 117 cm³/mol. The van der Waals surface area contributed by atoms with Crippen LogP contribution in [0.2, 0.25) is 0 Å². The monoisotopic (exact) mass is 450 g/mol. The first-order valence-electron chi connectivity index (χ1n) is 10.6. The second-order valence-corrected chi connectivity index (χ2v) is 8.73. The first kappa shape index (κ1) is 21.4. The summed E-state index contributed by atoms with van der Waals surface area (Å²) in [5, 5.41) is 52.6. The van der Waals surface area contributed by atoms with Gasteiger partial charge in [-0.25, -0.2) is 0 Å². The van der Waals surface area contributed by atoms with Gasteiger partial charge in [0.15, 0.2) is 5.78 Å². The molecule has 5 N–H and O–H groups in total. The lowest BCUT2D eigenvalue weighted by molar-refractivity contribution is -0.163. The van der Waals surface area contributed by atoms with E-state index < -0.39 is 53.2 Å². The Kier molecular flexibility index (Phi) is 4.72. The molecule has 1 saturated heterocycles. The van der Waals surface area contributed by atoms with E-state index >= 15 is 0 Å². The Hall–Kier alpha value is -3.46. The number of aliphatic hydroxyl groups excluding tert-OH is 2. The lowest BCUT2D eigenvalue weighted by atomic mass is 9.80. The van der Waals surface area contributed by atoms with Crippen LogP contribution in [-0.2, 0) is 4.74 Å². The van der Waals surface area contributed by atoms with Gasteiger partial charge >= 0.3 is 0 Å². The number of hydrogen-bond acceptors (Lipinski definition) is 8. The van der Waals surface area contributed by atoms with Crippen molar-refractivity contribution >= 4 is 22.3 Å². The number of rotatable bonds is 1. The summed E-state index contributed by atoms with van der Waals surface area (Å²) in [7, 11) is 0. The van der Waals surface area contributed by atoms with Crippen LogP contribution in [-0.4, -0.2) is 55.4 Å². The molecule has 0 saturated carbocycles. The van der Waals surface area contributed by atoms with Crippen LogP contribution < -0.4 is 0 Å². The third kappa shape index (κ3) is 3.02. The smallest absolute Gasteiger partial charge is 0.202 e. The fraction of sp³-hybridized carbons (Fsp3) is 0.280. The number of aliphatic hydroxyl groups is 2. The summed E-state index contributed by atoms with van der Waals surface area (Å²) in [5.74, 6) is -2.80. The van der Waals surface area contributed by atoms with E-state index in [9.17, 15) is 35.1 Å². The van der Waals surface area contributed by atoms with Gasteiger partial charge < -0.3 is 30.3 Å². The fourth-order valence-corrected chi connectivity index (χ4v) is 4.90. The SMILES string of the molecule is Cc1cc([C@@H]2C[C@H](O)[C@@H](O)[C@H](C)O2)c2cc3c(c(O)c2c1)C(=O)c1c(O)ccc(O)c1C3=O. The highest BCUT2D eigenvalue weighted by atomic mass is 16.5. The second-order valence-electron chi connectivity index (χ2n) is 8.73. The molecule has 0 unspecified atom stereocenters. The number of aryl methyl sites for hydroxylation is 1. The van der Waals surface area contributed by atoms with E-state index in [1.165, 1.54) is 6.07 Å². The van der Waals surface area contributed by atoms with Crippen molar-refractivity contribution in [1.29, 1.82) is 0 Å². The minimum atomic E-state index is -1.04. The molecule has 1 aliphatic heterocycles. The highest BCUT2D eigenvalue weighted by Gasteiger charge is 2.39. The maximum Gasteiger partial charge on any atom is 0.202 e. The van der Waals surface area contributed by atoms with Crippen LogP contribution in [0, 0.1) is 6.92 Å². The van der Waals surface area contributed by atoms with Gasteiger partial charge in [0.05, 0.1) is 35.0 Å². The van der Waals surface area contributed by atoms with Gasteiger partial charge in [-0.1, -0.05) is 6.07 Å². The van der Waals surface area contributed by atoms with E-state index in [4.69, 9.17) is 4.74 Å². The van der Waals surface area contributed by atoms with Crippen molar-refractivity contribution in [3.8, 4) is 17.2 Å². The molecule has 8 nitrogen and oxygen atoms in total. The van der Waals surface area contributed by atoms with E-state index in [0.717, 1.165) is 17.7 Å². The second kappa shape index (κ2) is 7.28. The summed E-state index contributed by atoms with van der Waals surface area (Å²) in [4.78, 5) is 26.5. The van der Waals surface area contributed by atoms with Crippen molar-refractivity contribution in [2.24, 2.45) is 0 Å². The van der Waals surface area contributed by atoms with Crippen LogP contribution in [0.5, 0.6) is 17.2 Å². The molecular weight excluding hydrogens is 428 g/mol. The van der Waals surface area contributed by atoms with Crippen molar-refractivity contribution in [1.82, 2.24) is 0 Å². The standard InChI is InChI=1S/C25H22O8/c1-9-5-12(18-8-17(28)22(29)10(2)33-18)11-7-14-19(23(30)13(11)6-9)25(32)21-16(27)4-3-15(26)20(21)24(14)31/h3-7,10,17-18,22,26-30H,8H2,1-2H3/t10-,17-,18-,22-/m0/s1. The van der Waals surface area contributed by atoms with Gasteiger partial charge in [0.2, 0.25) is 5.78 Å². The van der Waals surface area contributed by atoms with Gasteiger partial charge in [0.1, 0.15) is 23.4 Å². The Morgan fingerprint density at radius 1 is 0.879 bits per heavy atom. The number of fused-ring (bicyclic) bond motifs is 3. The van der Waals surface area contributed by atoms with Crippen molar-refractivity contribution in [3.05, 3.63) is 63.7 Å². The van der Waals surface area contributed by atoms with Crippen LogP contribution in [0.4, 0.5) is 0 Å². The summed E-state index contributed by atoms with van der Waals surface area (Å²) in [6, 6.07) is 7.19. The van der Waals surface area contributed by atoms with Gasteiger partial charge in [0.25, 0.3) is 0 Å². The highest BCUT2D eigenvalue weighted by Crippen LogP contribution is 2.45. The van der Waals surface area contributed by atoms with Crippen LogP contribution in [0.25, 0.3) is 10.8 Å². The minimum Gasteiger partial charge on any atom is -0.507 e. The molecule has 0 bridgehead atoms. The van der Waals surface area contributed by atoms with Gasteiger partial charge in [-0.15, -0.1) is 0 Å². The topological polar surface area (TPSA) is 145 Å². The molecule has 1 heterocycles. The van der Waals surface area contributed by atoms with Crippen LogP contribution in [0.1, 0.15) is 62.4 Å². The summed E-state index contributed by atoms with van der Waals surface area (Å²) in [5.41, 5.74) is 0.323. The summed E-state index contributed by atoms with van der Waals surface area (Å²) >= 11 is 0. The number of carbonyl (C=O) groups is 2. The Balaban J connectivity index is 1.77. The largest absolute Gasteiger partial charge is 0.507 e. The number of ether oxygens (including phenoxy) is 1. The van der Waals surface area contributed by atoms with Crippen LogP contribution in [0.15, 0.2) is 30.3 Å². The molecule has 0 amide bonds. The maximum atomic E-state index is 13.3. The number of phenols is 3. The molecule has 33 heavy (non-hydrogen) atoms.